The van der Waals surface area contributed by atoms with Crippen molar-refractivity contribution in [3.63, 3.8) is 0 Å². The molecule has 0 spiro atoms. The van der Waals surface area contributed by atoms with Crippen molar-refractivity contribution in [3.05, 3.63) is 47.4 Å². The highest BCUT2D eigenvalue weighted by Gasteiger charge is 2.22. The van der Waals surface area contributed by atoms with Crippen molar-refractivity contribution < 1.29 is 23.0 Å². The second kappa shape index (κ2) is 10.3. The van der Waals surface area contributed by atoms with Crippen LogP contribution in [0.3, 0.4) is 0 Å². The minimum Gasteiger partial charge on any atom is -0.393 e. The standard InChI is InChI=1S/C22H30FN3O4S/c1-6-17(27)13-18(28)11-12-19-20(14(2)3)24-22(26(4)31(5,29)30)25-21(19)15-7-9-16(23)10-8-15/h7-12,14,17-18,27-28H,6,13H2,1-5H3/b12-11+/t17-,18-/m0/s1. The molecule has 0 saturated carbocycles. The Hall–Kier alpha value is -2.36. The average Bonchev–Trinajstić information content (AvgIpc) is 2.70. The van der Waals surface area contributed by atoms with Crippen LogP contribution in [0.2, 0.25) is 0 Å². The molecule has 2 aromatic rings. The molecule has 0 saturated heterocycles. The second-order valence-corrected chi connectivity index (χ2v) is 9.80. The first kappa shape index (κ1) is 24.9. The number of halogens is 1. The number of rotatable bonds is 9. The molecule has 170 valence electrons. The normalized spacial score (nSPS) is 14.2. The van der Waals surface area contributed by atoms with Gasteiger partial charge in [-0.25, -0.2) is 27.1 Å². The van der Waals surface area contributed by atoms with E-state index in [1.165, 1.54) is 19.2 Å². The fraction of sp³-hybridized carbons (Fsp3) is 0.455. The Morgan fingerprint density at radius 2 is 1.77 bits per heavy atom. The Balaban J connectivity index is 2.69. The summed E-state index contributed by atoms with van der Waals surface area (Å²) >= 11 is 0. The Kier molecular flexibility index (Phi) is 8.27. The summed E-state index contributed by atoms with van der Waals surface area (Å²) in [5, 5.41) is 20.0. The van der Waals surface area contributed by atoms with Gasteiger partial charge in [0.2, 0.25) is 16.0 Å². The van der Waals surface area contributed by atoms with Gasteiger partial charge in [0.05, 0.1) is 29.9 Å². The first-order chi connectivity index (χ1) is 14.4. The highest BCUT2D eigenvalue weighted by Crippen LogP contribution is 2.31. The number of nitrogens with zero attached hydrogens (tertiary/aromatic N) is 3. The molecule has 31 heavy (non-hydrogen) atoms. The first-order valence-electron chi connectivity index (χ1n) is 10.1. The van der Waals surface area contributed by atoms with Gasteiger partial charge in [-0.15, -0.1) is 0 Å². The van der Waals surface area contributed by atoms with E-state index >= 15 is 0 Å². The summed E-state index contributed by atoms with van der Waals surface area (Å²) in [6.45, 7) is 5.65. The number of aliphatic hydroxyl groups is 2. The van der Waals surface area contributed by atoms with E-state index < -0.39 is 28.0 Å². The third-order valence-corrected chi connectivity index (χ3v) is 6.04. The quantitative estimate of drug-likeness (QED) is 0.606. The predicted octanol–water partition coefficient (Wildman–Crippen LogP) is 3.34. The maximum atomic E-state index is 13.5. The predicted molar refractivity (Wildman–Crippen MR) is 121 cm³/mol. The van der Waals surface area contributed by atoms with Crippen LogP contribution < -0.4 is 4.31 Å². The molecule has 0 fully saturated rings. The average molecular weight is 452 g/mol. The summed E-state index contributed by atoms with van der Waals surface area (Å²) in [5.74, 6) is -0.493. The van der Waals surface area contributed by atoms with Gasteiger partial charge in [0.15, 0.2) is 0 Å². The van der Waals surface area contributed by atoms with Crippen LogP contribution in [-0.2, 0) is 10.0 Å². The van der Waals surface area contributed by atoms with E-state index in [-0.39, 0.29) is 18.3 Å². The van der Waals surface area contributed by atoms with Crippen molar-refractivity contribution in [3.8, 4) is 11.3 Å². The minimum atomic E-state index is -3.60. The van der Waals surface area contributed by atoms with Gasteiger partial charge in [-0.2, -0.15) is 0 Å². The Morgan fingerprint density at radius 3 is 2.29 bits per heavy atom. The monoisotopic (exact) mass is 451 g/mol. The molecule has 0 aliphatic heterocycles. The number of sulfonamides is 1. The molecule has 0 aliphatic rings. The summed E-state index contributed by atoms with van der Waals surface area (Å²) in [7, 11) is -2.23. The summed E-state index contributed by atoms with van der Waals surface area (Å²) in [6, 6.07) is 5.71. The van der Waals surface area contributed by atoms with Crippen molar-refractivity contribution in [1.29, 1.82) is 0 Å². The Bertz CT molecular complexity index is 1020. The van der Waals surface area contributed by atoms with Crippen molar-refractivity contribution in [1.82, 2.24) is 9.97 Å². The van der Waals surface area contributed by atoms with Crippen molar-refractivity contribution >= 4 is 22.0 Å². The van der Waals surface area contributed by atoms with E-state index in [1.54, 1.807) is 24.3 Å². The van der Waals surface area contributed by atoms with Crippen molar-refractivity contribution in [2.24, 2.45) is 0 Å². The Morgan fingerprint density at radius 1 is 1.16 bits per heavy atom. The molecule has 0 aliphatic carbocycles. The fourth-order valence-electron chi connectivity index (χ4n) is 2.93. The van der Waals surface area contributed by atoms with Crippen LogP contribution in [0.15, 0.2) is 30.3 Å². The number of hydrogen-bond donors (Lipinski definition) is 2. The van der Waals surface area contributed by atoms with Gasteiger partial charge < -0.3 is 10.2 Å². The van der Waals surface area contributed by atoms with Gasteiger partial charge in [0.1, 0.15) is 5.82 Å². The minimum absolute atomic E-state index is 0.00429. The molecule has 0 unspecified atom stereocenters. The van der Waals surface area contributed by atoms with Crippen LogP contribution in [0.4, 0.5) is 10.3 Å². The number of hydrogen-bond acceptors (Lipinski definition) is 6. The highest BCUT2D eigenvalue weighted by molar-refractivity contribution is 7.92. The smallest absolute Gasteiger partial charge is 0.239 e. The molecule has 2 atom stereocenters. The lowest BCUT2D eigenvalue weighted by Gasteiger charge is -2.20. The summed E-state index contributed by atoms with van der Waals surface area (Å²) in [5.41, 5.74) is 2.18. The second-order valence-electron chi connectivity index (χ2n) is 7.79. The SMILES string of the molecule is CC[C@H](O)C[C@@H](O)/C=C/c1c(-c2ccc(F)cc2)nc(N(C)S(C)(=O)=O)nc1C(C)C. The van der Waals surface area contributed by atoms with Gasteiger partial charge in [0, 0.05) is 24.6 Å². The molecule has 1 aromatic carbocycles. The van der Waals surface area contributed by atoms with Crippen LogP contribution >= 0.6 is 0 Å². The zero-order valence-electron chi connectivity index (χ0n) is 18.4. The van der Waals surface area contributed by atoms with Gasteiger partial charge >= 0.3 is 0 Å². The summed E-state index contributed by atoms with van der Waals surface area (Å²) in [6.07, 6.45) is 3.50. The van der Waals surface area contributed by atoms with Crippen molar-refractivity contribution in [2.45, 2.75) is 51.7 Å². The molecule has 0 bridgehead atoms. The maximum absolute atomic E-state index is 13.5. The molecular formula is C22H30FN3O4S. The highest BCUT2D eigenvalue weighted by atomic mass is 32.2. The molecule has 2 N–H and O–H groups in total. The summed E-state index contributed by atoms with van der Waals surface area (Å²) < 4.78 is 38.6. The van der Waals surface area contributed by atoms with Crippen LogP contribution in [0.5, 0.6) is 0 Å². The number of aromatic nitrogens is 2. The molecular weight excluding hydrogens is 421 g/mol. The lowest BCUT2D eigenvalue weighted by Crippen LogP contribution is -2.27. The van der Waals surface area contributed by atoms with Gasteiger partial charge in [-0.1, -0.05) is 32.9 Å². The molecule has 2 rings (SSSR count). The van der Waals surface area contributed by atoms with Gasteiger partial charge in [-0.3, -0.25) is 0 Å². The van der Waals surface area contributed by atoms with Crippen LogP contribution in [-0.4, -0.2) is 54.1 Å². The largest absolute Gasteiger partial charge is 0.393 e. The van der Waals surface area contributed by atoms with Gasteiger partial charge in [-0.05, 0) is 36.6 Å². The molecule has 0 amide bonds. The first-order valence-corrected chi connectivity index (χ1v) is 11.9. The van der Waals surface area contributed by atoms with E-state index in [0.29, 0.717) is 28.9 Å². The number of anilines is 1. The lowest BCUT2D eigenvalue weighted by atomic mass is 9.97. The zero-order valence-corrected chi connectivity index (χ0v) is 19.3. The third kappa shape index (κ3) is 6.56. The maximum Gasteiger partial charge on any atom is 0.239 e. The zero-order chi connectivity index (χ0) is 23.3. The number of aliphatic hydroxyl groups excluding tert-OH is 2. The van der Waals surface area contributed by atoms with Crippen LogP contribution in [0, 0.1) is 5.82 Å². The molecule has 1 aromatic heterocycles. The van der Waals surface area contributed by atoms with E-state index in [9.17, 15) is 23.0 Å². The van der Waals surface area contributed by atoms with E-state index in [2.05, 4.69) is 9.97 Å². The fourth-order valence-corrected chi connectivity index (χ4v) is 3.31. The molecule has 7 nitrogen and oxygen atoms in total. The van der Waals surface area contributed by atoms with E-state index in [4.69, 9.17) is 0 Å². The third-order valence-electron chi connectivity index (χ3n) is 4.88. The van der Waals surface area contributed by atoms with Crippen LogP contribution in [0.25, 0.3) is 17.3 Å². The molecule has 1 heterocycles. The molecule has 0 radical (unpaired) electrons. The lowest BCUT2D eigenvalue weighted by molar-refractivity contribution is 0.102. The number of benzene rings is 1. The topological polar surface area (TPSA) is 104 Å². The van der Waals surface area contributed by atoms with Crippen LogP contribution in [0.1, 0.15) is 50.8 Å². The van der Waals surface area contributed by atoms with Gasteiger partial charge in [0.25, 0.3) is 0 Å². The summed E-state index contributed by atoms with van der Waals surface area (Å²) in [4.78, 5) is 8.94. The van der Waals surface area contributed by atoms with Crippen molar-refractivity contribution in [2.75, 3.05) is 17.6 Å². The van der Waals surface area contributed by atoms with E-state index in [0.717, 1.165) is 10.6 Å². The Labute approximate surface area is 183 Å². The molecule has 9 heteroatoms. The van der Waals surface area contributed by atoms with E-state index in [1.807, 2.05) is 20.8 Å².